The van der Waals surface area contributed by atoms with E-state index in [2.05, 4.69) is 17.4 Å². The molecule has 0 aliphatic carbocycles. The Balaban J connectivity index is 1.27. The molecule has 0 unspecified atom stereocenters. The molecule has 5 heteroatoms. The second kappa shape index (κ2) is 7.43. The lowest BCUT2D eigenvalue weighted by Gasteiger charge is -2.38. The molecule has 140 valence electrons. The first-order valence-electron chi connectivity index (χ1n) is 9.57. The molecule has 27 heavy (non-hydrogen) atoms. The van der Waals surface area contributed by atoms with Gasteiger partial charge in [0.1, 0.15) is 5.60 Å². The summed E-state index contributed by atoms with van der Waals surface area (Å²) in [6.07, 6.45) is 3.16. The zero-order valence-electron chi connectivity index (χ0n) is 15.3. The molecule has 0 saturated carbocycles. The van der Waals surface area contributed by atoms with Crippen molar-refractivity contribution in [1.29, 1.82) is 0 Å². The van der Waals surface area contributed by atoms with Crippen molar-refractivity contribution in [2.45, 2.75) is 31.3 Å². The molecular formula is C22H24N2O3. The van der Waals surface area contributed by atoms with Gasteiger partial charge in [-0.2, -0.15) is 0 Å². The van der Waals surface area contributed by atoms with Gasteiger partial charge in [-0.15, -0.1) is 0 Å². The number of rotatable bonds is 4. The van der Waals surface area contributed by atoms with Gasteiger partial charge in [0.15, 0.2) is 0 Å². The monoisotopic (exact) mass is 364 g/mol. The van der Waals surface area contributed by atoms with E-state index in [0.717, 1.165) is 18.4 Å². The van der Waals surface area contributed by atoms with Crippen LogP contribution < -0.4 is 5.32 Å². The zero-order chi connectivity index (χ0) is 18.7. The van der Waals surface area contributed by atoms with Gasteiger partial charge in [-0.05, 0) is 24.5 Å². The largest absolute Gasteiger partial charge is 0.450 e. The number of fused-ring (bicyclic) bond motifs is 2. The topological polar surface area (TPSA) is 58.6 Å². The van der Waals surface area contributed by atoms with Gasteiger partial charge in [-0.25, -0.2) is 9.59 Å². The highest BCUT2D eigenvalue weighted by Crippen LogP contribution is 2.43. The number of carbonyl (C=O) groups excluding carboxylic acids is 2. The molecule has 2 aromatic rings. The Morgan fingerprint density at radius 2 is 1.74 bits per heavy atom. The van der Waals surface area contributed by atoms with E-state index in [4.69, 9.17) is 4.74 Å². The van der Waals surface area contributed by atoms with Crippen molar-refractivity contribution in [3.05, 3.63) is 71.3 Å². The van der Waals surface area contributed by atoms with Crippen molar-refractivity contribution in [3.63, 3.8) is 0 Å². The Bertz CT molecular complexity index is 826. The second-order valence-electron chi connectivity index (χ2n) is 7.24. The molecular weight excluding hydrogens is 340 g/mol. The molecule has 1 spiro atoms. The number of nitrogens with one attached hydrogen (secondary N) is 1. The van der Waals surface area contributed by atoms with Gasteiger partial charge in [-0.1, -0.05) is 48.5 Å². The number of esters is 1. The summed E-state index contributed by atoms with van der Waals surface area (Å²) in [5.41, 5.74) is 2.36. The van der Waals surface area contributed by atoms with E-state index in [1.54, 1.807) is 0 Å². The molecule has 0 bridgehead atoms. The Labute approximate surface area is 159 Å². The van der Waals surface area contributed by atoms with Gasteiger partial charge < -0.3 is 15.0 Å². The Hall–Kier alpha value is -2.82. The Morgan fingerprint density at radius 3 is 2.52 bits per heavy atom. The molecule has 4 rings (SSSR count). The second-order valence-corrected chi connectivity index (χ2v) is 7.24. The lowest BCUT2D eigenvalue weighted by Crippen LogP contribution is -2.49. The van der Waals surface area contributed by atoms with Crippen molar-refractivity contribution in [2.24, 2.45) is 0 Å². The highest BCUT2D eigenvalue weighted by atomic mass is 16.6. The van der Waals surface area contributed by atoms with Crippen LogP contribution in [0.1, 0.15) is 40.7 Å². The third kappa shape index (κ3) is 3.54. The molecule has 1 saturated heterocycles. The van der Waals surface area contributed by atoms with Crippen LogP contribution in [0.3, 0.4) is 0 Å². The maximum atomic E-state index is 12.4. The predicted molar refractivity (Wildman–Crippen MR) is 103 cm³/mol. The van der Waals surface area contributed by atoms with Crippen LogP contribution in [0, 0.1) is 0 Å². The number of piperidine rings is 1. The SMILES string of the molecule is O=C1OC2(CCN(C(=O)NCCCc3ccccc3)CC2)c2ccccc21. The number of benzene rings is 2. The van der Waals surface area contributed by atoms with Gasteiger partial charge in [0.05, 0.1) is 5.56 Å². The molecule has 2 heterocycles. The smallest absolute Gasteiger partial charge is 0.339 e. The van der Waals surface area contributed by atoms with Crippen LogP contribution >= 0.6 is 0 Å². The fourth-order valence-electron chi connectivity index (χ4n) is 4.03. The summed E-state index contributed by atoms with van der Waals surface area (Å²) in [6, 6.07) is 17.8. The lowest BCUT2D eigenvalue weighted by atomic mass is 9.84. The summed E-state index contributed by atoms with van der Waals surface area (Å²) in [7, 11) is 0. The van der Waals surface area contributed by atoms with Crippen LogP contribution in [0.2, 0.25) is 0 Å². The fourth-order valence-corrected chi connectivity index (χ4v) is 4.03. The van der Waals surface area contributed by atoms with E-state index in [1.807, 2.05) is 47.4 Å². The molecule has 1 fully saturated rings. The summed E-state index contributed by atoms with van der Waals surface area (Å²) in [4.78, 5) is 26.4. The minimum absolute atomic E-state index is 0.0319. The molecule has 0 radical (unpaired) electrons. The Kier molecular flexibility index (Phi) is 4.84. The number of aryl methyl sites for hydroxylation is 1. The van der Waals surface area contributed by atoms with E-state index in [-0.39, 0.29) is 12.0 Å². The number of carbonyl (C=O) groups is 2. The van der Waals surface area contributed by atoms with Crippen LogP contribution in [-0.4, -0.2) is 36.5 Å². The average molecular weight is 364 g/mol. The third-order valence-corrected chi connectivity index (χ3v) is 5.55. The van der Waals surface area contributed by atoms with E-state index >= 15 is 0 Å². The Morgan fingerprint density at radius 1 is 1.04 bits per heavy atom. The highest BCUT2D eigenvalue weighted by Gasteiger charge is 2.47. The maximum absolute atomic E-state index is 12.4. The molecule has 0 atom stereocenters. The van der Waals surface area contributed by atoms with Crippen LogP contribution in [0.5, 0.6) is 0 Å². The number of urea groups is 1. The van der Waals surface area contributed by atoms with Gasteiger partial charge in [-0.3, -0.25) is 0 Å². The maximum Gasteiger partial charge on any atom is 0.339 e. The van der Waals surface area contributed by atoms with Crippen LogP contribution in [0.15, 0.2) is 54.6 Å². The van der Waals surface area contributed by atoms with E-state index in [9.17, 15) is 9.59 Å². The van der Waals surface area contributed by atoms with E-state index in [0.29, 0.717) is 38.0 Å². The number of likely N-dealkylation sites (tertiary alicyclic amines) is 1. The average Bonchev–Trinajstić information content (AvgIpc) is 2.98. The number of nitrogens with zero attached hydrogens (tertiary/aromatic N) is 1. The third-order valence-electron chi connectivity index (χ3n) is 5.55. The first-order valence-corrected chi connectivity index (χ1v) is 9.57. The van der Waals surface area contributed by atoms with Crippen molar-refractivity contribution >= 4 is 12.0 Å². The summed E-state index contributed by atoms with van der Waals surface area (Å²) < 4.78 is 5.74. The minimum atomic E-state index is -0.558. The number of hydrogen-bond donors (Lipinski definition) is 1. The highest BCUT2D eigenvalue weighted by molar-refractivity contribution is 5.94. The predicted octanol–water partition coefficient (Wildman–Crippen LogP) is 3.49. The normalized spacial score (nSPS) is 17.5. The number of ether oxygens (including phenoxy) is 1. The molecule has 2 aromatic carbocycles. The summed E-state index contributed by atoms with van der Waals surface area (Å²) >= 11 is 0. The molecule has 0 aromatic heterocycles. The van der Waals surface area contributed by atoms with Gasteiger partial charge in [0.25, 0.3) is 0 Å². The number of hydrogen-bond acceptors (Lipinski definition) is 3. The number of amides is 2. The molecule has 2 aliphatic heterocycles. The van der Waals surface area contributed by atoms with Gasteiger partial charge in [0.2, 0.25) is 0 Å². The van der Waals surface area contributed by atoms with Crippen molar-refractivity contribution < 1.29 is 14.3 Å². The summed E-state index contributed by atoms with van der Waals surface area (Å²) in [5, 5.41) is 3.01. The van der Waals surface area contributed by atoms with Crippen LogP contribution in [0.4, 0.5) is 4.79 Å². The molecule has 1 N–H and O–H groups in total. The summed E-state index contributed by atoms with van der Waals surface area (Å²) in [5.74, 6) is -0.246. The molecule has 5 nitrogen and oxygen atoms in total. The van der Waals surface area contributed by atoms with E-state index in [1.165, 1.54) is 5.56 Å². The minimum Gasteiger partial charge on any atom is -0.450 e. The quantitative estimate of drug-likeness (QED) is 0.667. The fraction of sp³-hybridized carbons (Fsp3) is 0.364. The molecule has 2 amide bonds. The van der Waals surface area contributed by atoms with Crippen molar-refractivity contribution in [3.8, 4) is 0 Å². The van der Waals surface area contributed by atoms with Gasteiger partial charge >= 0.3 is 12.0 Å². The zero-order valence-corrected chi connectivity index (χ0v) is 15.3. The molecule has 2 aliphatic rings. The van der Waals surface area contributed by atoms with Crippen molar-refractivity contribution in [1.82, 2.24) is 10.2 Å². The lowest BCUT2D eigenvalue weighted by molar-refractivity contribution is -0.0369. The first-order chi connectivity index (χ1) is 13.2. The standard InChI is InChI=1S/C22H24N2O3/c25-20-18-10-4-5-11-19(18)22(27-20)12-15-24(16-13-22)21(26)23-14-6-9-17-7-2-1-3-8-17/h1-5,7-8,10-11H,6,9,12-16H2,(H,23,26). The van der Waals surface area contributed by atoms with Gasteiger partial charge in [0, 0.05) is 38.0 Å². The van der Waals surface area contributed by atoms with Crippen molar-refractivity contribution in [2.75, 3.05) is 19.6 Å². The van der Waals surface area contributed by atoms with Crippen LogP contribution in [0.25, 0.3) is 0 Å². The summed E-state index contributed by atoms with van der Waals surface area (Å²) in [6.45, 7) is 1.84. The van der Waals surface area contributed by atoms with E-state index < -0.39 is 5.60 Å². The van der Waals surface area contributed by atoms with Crippen LogP contribution in [-0.2, 0) is 16.8 Å². The first kappa shape index (κ1) is 17.6.